The summed E-state index contributed by atoms with van der Waals surface area (Å²) in [6.45, 7) is 0.936. The van der Waals surface area contributed by atoms with Gasteiger partial charge in [0, 0.05) is 12.0 Å². The molecule has 1 aliphatic heterocycles. The molecule has 2 aromatic carbocycles. The van der Waals surface area contributed by atoms with E-state index in [4.69, 9.17) is 14.2 Å². The van der Waals surface area contributed by atoms with Crippen molar-refractivity contribution >= 4 is 11.8 Å². The molecule has 2 aliphatic rings. The molecule has 7 heteroatoms. The van der Waals surface area contributed by atoms with Crippen LogP contribution in [0.3, 0.4) is 0 Å². The van der Waals surface area contributed by atoms with Crippen molar-refractivity contribution in [3.05, 3.63) is 53.6 Å². The van der Waals surface area contributed by atoms with Gasteiger partial charge in [-0.05, 0) is 68.0 Å². The average Bonchev–Trinajstić information content (AvgIpc) is 3.29. The highest BCUT2D eigenvalue weighted by atomic mass is 16.6. The molecule has 2 amide bonds. The summed E-state index contributed by atoms with van der Waals surface area (Å²) in [4.78, 5) is 24.4. The van der Waals surface area contributed by atoms with E-state index in [2.05, 4.69) is 10.9 Å². The molecule has 4 rings (SSSR count). The summed E-state index contributed by atoms with van der Waals surface area (Å²) in [5.74, 6) is 1.32. The number of ether oxygens (including phenoxy) is 3. The summed E-state index contributed by atoms with van der Waals surface area (Å²) in [6, 6.07) is 12.8. The molecule has 2 N–H and O–H groups in total. The van der Waals surface area contributed by atoms with Gasteiger partial charge >= 0.3 is 0 Å². The number of carbonyl (C=O) groups excluding carboxylic acids is 2. The Balaban J connectivity index is 1.23. The van der Waals surface area contributed by atoms with Gasteiger partial charge in [0.1, 0.15) is 19.0 Å². The maximum Gasteiger partial charge on any atom is 0.269 e. The summed E-state index contributed by atoms with van der Waals surface area (Å²) in [5, 5.41) is 0. The van der Waals surface area contributed by atoms with Crippen LogP contribution in [0.5, 0.6) is 17.2 Å². The first-order valence-corrected chi connectivity index (χ1v) is 10.4. The lowest BCUT2D eigenvalue weighted by Crippen LogP contribution is -2.41. The number of hydrazine groups is 1. The monoisotopic (exact) mass is 410 g/mol. The van der Waals surface area contributed by atoms with Crippen molar-refractivity contribution in [1.82, 2.24) is 10.9 Å². The van der Waals surface area contributed by atoms with Gasteiger partial charge in [-0.2, -0.15) is 0 Å². The van der Waals surface area contributed by atoms with Crippen molar-refractivity contribution in [2.24, 2.45) is 0 Å². The van der Waals surface area contributed by atoms with Gasteiger partial charge in [0.25, 0.3) is 5.91 Å². The highest BCUT2D eigenvalue weighted by molar-refractivity contribution is 5.96. The van der Waals surface area contributed by atoms with Gasteiger partial charge in [-0.15, -0.1) is 0 Å². The summed E-state index contributed by atoms with van der Waals surface area (Å²) < 4.78 is 16.9. The summed E-state index contributed by atoms with van der Waals surface area (Å²) in [7, 11) is 0. The normalized spacial score (nSPS) is 15.5. The molecule has 0 unspecified atom stereocenters. The standard InChI is InChI=1S/C23H26N2O5/c26-22(11-8-16-4-3-7-19(14-16)30-18-5-1-2-6-18)24-25-23(27)17-9-10-20-21(15-17)29-13-12-28-20/h3-4,7,9-10,14-15,18H,1-2,5-6,8,11-13H2,(H,24,26)(H,25,27). The molecule has 30 heavy (non-hydrogen) atoms. The number of amides is 2. The van der Waals surface area contributed by atoms with Gasteiger partial charge in [0.2, 0.25) is 5.91 Å². The average molecular weight is 410 g/mol. The molecule has 0 atom stereocenters. The zero-order valence-corrected chi connectivity index (χ0v) is 16.8. The predicted octanol–water partition coefficient (Wildman–Crippen LogP) is 3.17. The van der Waals surface area contributed by atoms with E-state index in [1.807, 2.05) is 24.3 Å². The third-order valence-electron chi connectivity index (χ3n) is 5.26. The van der Waals surface area contributed by atoms with E-state index < -0.39 is 5.91 Å². The Kier molecular flexibility index (Phi) is 6.37. The Hall–Kier alpha value is -3.22. The SMILES string of the molecule is O=C(CCc1cccc(OC2CCCC2)c1)NNC(=O)c1ccc2c(c1)OCCO2. The zero-order valence-electron chi connectivity index (χ0n) is 16.8. The van der Waals surface area contributed by atoms with Gasteiger partial charge in [-0.25, -0.2) is 0 Å². The molecular formula is C23H26N2O5. The lowest BCUT2D eigenvalue weighted by atomic mass is 10.1. The number of aryl methyl sites for hydroxylation is 1. The third kappa shape index (κ3) is 5.23. The number of fused-ring (bicyclic) bond motifs is 1. The van der Waals surface area contributed by atoms with Crippen molar-refractivity contribution in [2.75, 3.05) is 13.2 Å². The smallest absolute Gasteiger partial charge is 0.269 e. The lowest BCUT2D eigenvalue weighted by molar-refractivity contribution is -0.121. The third-order valence-corrected chi connectivity index (χ3v) is 5.26. The van der Waals surface area contributed by atoms with E-state index in [1.165, 1.54) is 12.8 Å². The minimum absolute atomic E-state index is 0.258. The fourth-order valence-corrected chi connectivity index (χ4v) is 3.68. The van der Waals surface area contributed by atoms with Crippen LogP contribution in [0.1, 0.15) is 48.0 Å². The van der Waals surface area contributed by atoms with E-state index in [-0.39, 0.29) is 12.3 Å². The number of rotatable bonds is 6. The van der Waals surface area contributed by atoms with Crippen LogP contribution in [0, 0.1) is 0 Å². The molecule has 0 spiro atoms. The molecule has 0 aromatic heterocycles. The number of nitrogens with one attached hydrogen (secondary N) is 2. The summed E-state index contributed by atoms with van der Waals surface area (Å²) in [6.07, 6.45) is 5.79. The Morgan fingerprint density at radius 2 is 1.77 bits per heavy atom. The largest absolute Gasteiger partial charge is 0.490 e. The molecule has 0 bridgehead atoms. The predicted molar refractivity (Wildman–Crippen MR) is 111 cm³/mol. The molecule has 158 valence electrons. The van der Waals surface area contributed by atoms with Crippen LogP contribution in [0.4, 0.5) is 0 Å². The van der Waals surface area contributed by atoms with Gasteiger partial charge in [0.15, 0.2) is 11.5 Å². The van der Waals surface area contributed by atoms with E-state index in [0.29, 0.717) is 42.8 Å². The summed E-state index contributed by atoms with van der Waals surface area (Å²) >= 11 is 0. The number of carbonyl (C=O) groups is 2. The Bertz CT molecular complexity index is 908. The van der Waals surface area contributed by atoms with Crippen LogP contribution in [-0.2, 0) is 11.2 Å². The van der Waals surface area contributed by atoms with Gasteiger partial charge in [-0.1, -0.05) is 12.1 Å². The van der Waals surface area contributed by atoms with Crippen molar-refractivity contribution in [3.8, 4) is 17.2 Å². The zero-order chi connectivity index (χ0) is 20.8. The molecule has 7 nitrogen and oxygen atoms in total. The maximum absolute atomic E-state index is 12.3. The molecule has 0 saturated heterocycles. The van der Waals surface area contributed by atoms with Crippen molar-refractivity contribution in [3.63, 3.8) is 0 Å². The van der Waals surface area contributed by atoms with E-state index in [1.54, 1.807) is 18.2 Å². The van der Waals surface area contributed by atoms with Crippen molar-refractivity contribution in [1.29, 1.82) is 0 Å². The van der Waals surface area contributed by atoms with E-state index in [9.17, 15) is 9.59 Å². The minimum Gasteiger partial charge on any atom is -0.490 e. The first-order valence-electron chi connectivity index (χ1n) is 10.4. The number of hydrogen-bond donors (Lipinski definition) is 2. The number of benzene rings is 2. The molecular weight excluding hydrogens is 384 g/mol. The van der Waals surface area contributed by atoms with Crippen LogP contribution >= 0.6 is 0 Å². The molecule has 1 aliphatic carbocycles. The first kappa shape index (κ1) is 20.1. The fourth-order valence-electron chi connectivity index (χ4n) is 3.68. The highest BCUT2D eigenvalue weighted by Gasteiger charge is 2.17. The van der Waals surface area contributed by atoms with Gasteiger partial charge < -0.3 is 14.2 Å². The first-order chi connectivity index (χ1) is 14.7. The van der Waals surface area contributed by atoms with E-state index in [0.717, 1.165) is 24.2 Å². The second-order valence-electron chi connectivity index (χ2n) is 7.53. The van der Waals surface area contributed by atoms with Gasteiger partial charge in [0.05, 0.1) is 6.10 Å². The minimum atomic E-state index is -0.410. The quantitative estimate of drug-likeness (QED) is 0.715. The van der Waals surface area contributed by atoms with Crippen LogP contribution in [0.15, 0.2) is 42.5 Å². The highest BCUT2D eigenvalue weighted by Crippen LogP contribution is 2.30. The van der Waals surface area contributed by atoms with E-state index >= 15 is 0 Å². The Morgan fingerprint density at radius 3 is 2.60 bits per heavy atom. The van der Waals surface area contributed by atoms with Crippen molar-refractivity contribution < 1.29 is 23.8 Å². The molecule has 1 saturated carbocycles. The summed E-state index contributed by atoms with van der Waals surface area (Å²) in [5.41, 5.74) is 6.32. The molecule has 2 aromatic rings. The Morgan fingerprint density at radius 1 is 0.967 bits per heavy atom. The van der Waals surface area contributed by atoms with Crippen molar-refractivity contribution in [2.45, 2.75) is 44.6 Å². The van der Waals surface area contributed by atoms with Crippen LogP contribution in [0.25, 0.3) is 0 Å². The van der Waals surface area contributed by atoms with Crippen LogP contribution in [0.2, 0.25) is 0 Å². The van der Waals surface area contributed by atoms with Gasteiger partial charge in [-0.3, -0.25) is 20.4 Å². The molecule has 1 fully saturated rings. The second-order valence-corrected chi connectivity index (χ2v) is 7.53. The molecule has 0 radical (unpaired) electrons. The topological polar surface area (TPSA) is 85.9 Å². The lowest BCUT2D eigenvalue weighted by Gasteiger charge is -2.18. The second kappa shape index (κ2) is 9.52. The van der Waals surface area contributed by atoms with Crippen LogP contribution in [-0.4, -0.2) is 31.1 Å². The fraction of sp³-hybridized carbons (Fsp3) is 0.391. The Labute approximate surface area is 175 Å². The molecule has 1 heterocycles. The van der Waals surface area contributed by atoms with Crippen LogP contribution < -0.4 is 25.1 Å². The maximum atomic E-state index is 12.3. The number of hydrogen-bond acceptors (Lipinski definition) is 5.